The van der Waals surface area contributed by atoms with Crippen LogP contribution in [0.2, 0.25) is 0 Å². The van der Waals surface area contributed by atoms with Crippen molar-refractivity contribution in [2.24, 2.45) is 0 Å². The van der Waals surface area contributed by atoms with Gasteiger partial charge in [-0.3, -0.25) is 0 Å². The molecule has 0 aromatic heterocycles. The molecule has 2 nitrogen and oxygen atoms in total. The van der Waals surface area contributed by atoms with Crippen LogP contribution in [0.3, 0.4) is 0 Å². The maximum absolute atomic E-state index is 4.74. The normalized spacial score (nSPS) is 13.9. The summed E-state index contributed by atoms with van der Waals surface area (Å²) in [5.41, 5.74) is 21.0. The van der Waals surface area contributed by atoms with Crippen molar-refractivity contribution in [3.05, 3.63) is 284 Å². The number of nitrogens with zero attached hydrogens (tertiary/aromatic N) is 2. The van der Waals surface area contributed by atoms with Gasteiger partial charge in [-0.2, -0.15) is 0 Å². The number of anilines is 5. The molecule has 11 rings (SSSR count). The molecule has 1 aliphatic heterocycles. The Morgan fingerprint density at radius 3 is 1.34 bits per heavy atom. The molecule has 10 aromatic rings. The molecule has 372 valence electrons. The Morgan fingerprint density at radius 2 is 0.829 bits per heavy atom. The standard InChI is InChI=1S/C73H64N2S/c1-51-20-14-34-67(74(63-40-36-61(37-41-63)72(2,3)4)65-32-17-29-58(46-65)56-27-15-25-54(44-56)52-21-10-8-11-22-52)50-76-71-48-60-31-19-35-70(69(60)49-68(51)71)75(64-42-38-62(39-43-64)73(5,6)7)66-33-18-30-59(47-66)57-28-16-26-55(45-57)53-23-12-9-13-24-53/h8-49H,1,50H2,2-7H3/b20-14-,67-34+. The lowest BCUT2D eigenvalue weighted by Crippen LogP contribution is -2.19. The number of rotatable bonds is 10. The molecule has 3 heteroatoms. The van der Waals surface area contributed by atoms with E-state index < -0.39 is 0 Å². The first-order valence-corrected chi connectivity index (χ1v) is 27.4. The average molecular weight is 1000 g/mol. The largest absolute Gasteiger partial charge is 0.313 e. The molecular weight excluding hydrogens is 937 g/mol. The monoisotopic (exact) mass is 1000 g/mol. The fourth-order valence-corrected chi connectivity index (χ4v) is 11.4. The molecule has 0 spiro atoms. The van der Waals surface area contributed by atoms with E-state index in [1.807, 2.05) is 11.8 Å². The van der Waals surface area contributed by atoms with E-state index in [0.717, 1.165) is 56.3 Å². The van der Waals surface area contributed by atoms with Crippen molar-refractivity contribution in [3.63, 3.8) is 0 Å². The van der Waals surface area contributed by atoms with E-state index in [1.54, 1.807) is 0 Å². The fraction of sp³-hybridized carbons (Fsp3) is 0.123. The van der Waals surface area contributed by atoms with Crippen LogP contribution in [0.4, 0.5) is 28.4 Å². The lowest BCUT2D eigenvalue weighted by atomic mass is 9.87. The molecule has 0 fully saturated rings. The minimum Gasteiger partial charge on any atom is -0.313 e. The molecule has 0 N–H and O–H groups in total. The van der Waals surface area contributed by atoms with E-state index in [-0.39, 0.29) is 10.8 Å². The van der Waals surface area contributed by atoms with E-state index >= 15 is 0 Å². The highest BCUT2D eigenvalue weighted by Gasteiger charge is 2.23. The summed E-state index contributed by atoms with van der Waals surface area (Å²) < 4.78 is 0. The van der Waals surface area contributed by atoms with E-state index in [9.17, 15) is 0 Å². The Balaban J connectivity index is 0.982. The predicted octanol–water partition coefficient (Wildman–Crippen LogP) is 21.0. The van der Waals surface area contributed by atoms with Gasteiger partial charge in [0.15, 0.2) is 0 Å². The number of hydrogen-bond donors (Lipinski definition) is 0. The molecule has 0 radical (unpaired) electrons. The Labute approximate surface area is 455 Å². The Kier molecular flexibility index (Phi) is 13.8. The van der Waals surface area contributed by atoms with Gasteiger partial charge in [-0.05, 0) is 168 Å². The van der Waals surface area contributed by atoms with Gasteiger partial charge in [0, 0.05) is 44.5 Å². The average Bonchev–Trinajstić information content (AvgIpc) is 3.53. The molecule has 10 aromatic carbocycles. The molecule has 1 heterocycles. The highest BCUT2D eigenvalue weighted by molar-refractivity contribution is 7.99. The van der Waals surface area contributed by atoms with Crippen LogP contribution >= 0.6 is 11.8 Å². The smallest absolute Gasteiger partial charge is 0.0540 e. The van der Waals surface area contributed by atoms with Gasteiger partial charge in [-0.15, -0.1) is 11.8 Å². The molecule has 0 amide bonds. The van der Waals surface area contributed by atoms with Gasteiger partial charge < -0.3 is 9.80 Å². The van der Waals surface area contributed by atoms with Crippen LogP contribution in [0.15, 0.2) is 272 Å². The second-order valence-electron chi connectivity index (χ2n) is 21.9. The van der Waals surface area contributed by atoms with Gasteiger partial charge >= 0.3 is 0 Å². The lowest BCUT2D eigenvalue weighted by Gasteiger charge is -2.30. The van der Waals surface area contributed by atoms with Crippen LogP contribution in [0.1, 0.15) is 58.2 Å². The number of thioether (sulfide) groups is 1. The number of fused-ring (bicyclic) bond motifs is 2. The van der Waals surface area contributed by atoms with Gasteiger partial charge in [0.2, 0.25) is 0 Å². The third-order valence-electron chi connectivity index (χ3n) is 14.6. The summed E-state index contributed by atoms with van der Waals surface area (Å²) in [4.78, 5) is 6.07. The predicted molar refractivity (Wildman–Crippen MR) is 330 cm³/mol. The molecule has 0 saturated heterocycles. The van der Waals surface area contributed by atoms with Crippen molar-refractivity contribution in [1.29, 1.82) is 0 Å². The molecule has 76 heavy (non-hydrogen) atoms. The van der Waals surface area contributed by atoms with Crippen LogP contribution < -0.4 is 9.80 Å². The minimum atomic E-state index is 0.0229. The molecule has 1 aliphatic rings. The zero-order valence-electron chi connectivity index (χ0n) is 44.5. The van der Waals surface area contributed by atoms with Gasteiger partial charge in [0.25, 0.3) is 0 Å². The highest BCUT2D eigenvalue weighted by atomic mass is 32.2. The second-order valence-corrected chi connectivity index (χ2v) is 23.0. The van der Waals surface area contributed by atoms with Crippen molar-refractivity contribution in [2.45, 2.75) is 57.3 Å². The first-order valence-electron chi connectivity index (χ1n) is 26.4. The molecular formula is C73H64N2S. The number of hydrogen-bond acceptors (Lipinski definition) is 3. The van der Waals surface area contributed by atoms with Gasteiger partial charge in [-0.25, -0.2) is 0 Å². The molecule has 0 saturated carbocycles. The second kappa shape index (κ2) is 21.1. The highest BCUT2D eigenvalue weighted by Crippen LogP contribution is 2.45. The fourth-order valence-electron chi connectivity index (χ4n) is 10.4. The maximum atomic E-state index is 4.74. The Hall–Kier alpha value is -8.37. The Bertz CT molecular complexity index is 3780. The summed E-state index contributed by atoms with van der Waals surface area (Å²) in [6.07, 6.45) is 6.65. The molecule has 0 atom stereocenters. The summed E-state index contributed by atoms with van der Waals surface area (Å²) in [6, 6.07) is 86.8. The van der Waals surface area contributed by atoms with Crippen molar-refractivity contribution in [1.82, 2.24) is 0 Å². The van der Waals surface area contributed by atoms with E-state index in [4.69, 9.17) is 6.58 Å². The zero-order valence-corrected chi connectivity index (χ0v) is 45.3. The summed E-state index contributed by atoms with van der Waals surface area (Å²) in [7, 11) is 0. The van der Waals surface area contributed by atoms with Gasteiger partial charge in [-0.1, -0.05) is 218 Å². The van der Waals surface area contributed by atoms with Crippen LogP contribution in [-0.2, 0) is 10.8 Å². The number of benzene rings is 10. The van der Waals surface area contributed by atoms with Crippen molar-refractivity contribution >= 4 is 56.5 Å². The van der Waals surface area contributed by atoms with Crippen LogP contribution in [0.5, 0.6) is 0 Å². The summed E-state index contributed by atoms with van der Waals surface area (Å²) in [5, 5.41) is 2.34. The first-order chi connectivity index (χ1) is 36.8. The third kappa shape index (κ3) is 10.6. The van der Waals surface area contributed by atoms with Crippen LogP contribution in [0, 0.1) is 0 Å². The van der Waals surface area contributed by atoms with Crippen LogP contribution in [-0.4, -0.2) is 5.75 Å². The third-order valence-corrected chi connectivity index (χ3v) is 15.7. The summed E-state index contributed by atoms with van der Waals surface area (Å²) in [6.45, 7) is 18.4. The van der Waals surface area contributed by atoms with Crippen LogP contribution in [0.25, 0.3) is 60.9 Å². The molecule has 0 aliphatic carbocycles. The van der Waals surface area contributed by atoms with Gasteiger partial charge in [0.05, 0.1) is 5.69 Å². The van der Waals surface area contributed by atoms with E-state index in [1.165, 1.54) is 66.0 Å². The zero-order chi connectivity index (χ0) is 52.4. The summed E-state index contributed by atoms with van der Waals surface area (Å²) >= 11 is 1.87. The quantitative estimate of drug-likeness (QED) is 0.135. The molecule has 0 bridgehead atoms. The number of allylic oxidation sites excluding steroid dienone is 4. The lowest BCUT2D eigenvalue weighted by molar-refractivity contribution is 0.590. The Morgan fingerprint density at radius 1 is 0.395 bits per heavy atom. The SMILES string of the molecule is C=C1/C=C\C=C(\N(c2ccc(C(C)(C)C)cc2)c2cccc(-c3cccc(-c4ccccc4)c3)c2)CSc2cc3cccc(N(c4ccc(C(C)(C)C)cc4)c4cccc(-c5cccc(-c6ccccc6)c5)c4)c3cc21. The minimum absolute atomic E-state index is 0.0229. The van der Waals surface area contributed by atoms with E-state index in [0.29, 0.717) is 0 Å². The maximum Gasteiger partial charge on any atom is 0.0540 e. The van der Waals surface area contributed by atoms with Crippen molar-refractivity contribution in [2.75, 3.05) is 15.6 Å². The van der Waals surface area contributed by atoms with E-state index in [2.05, 4.69) is 306 Å². The molecule has 0 unspecified atom stereocenters. The van der Waals surface area contributed by atoms with Gasteiger partial charge in [0.1, 0.15) is 0 Å². The summed E-state index contributed by atoms with van der Waals surface area (Å²) in [5.74, 6) is 0.731. The topological polar surface area (TPSA) is 6.48 Å². The first kappa shape index (κ1) is 49.8. The van der Waals surface area contributed by atoms with Crippen molar-refractivity contribution < 1.29 is 0 Å². The van der Waals surface area contributed by atoms with Crippen molar-refractivity contribution in [3.8, 4) is 44.5 Å².